The molecule has 2 rings (SSSR count). The minimum absolute atomic E-state index is 0.351. The molecule has 0 amide bonds. The van der Waals surface area contributed by atoms with Crippen molar-refractivity contribution >= 4 is 0 Å². The molecule has 0 saturated heterocycles. The van der Waals surface area contributed by atoms with Crippen LogP contribution >= 0.6 is 0 Å². The first kappa shape index (κ1) is 12.8. The SMILES string of the molecule is Cc1cccc(C(C)NCc2cn(C)nc2C)c1. The van der Waals surface area contributed by atoms with Crippen molar-refractivity contribution in [3.63, 3.8) is 0 Å². The average Bonchev–Trinajstić information content (AvgIpc) is 2.65. The Kier molecular flexibility index (Phi) is 3.82. The smallest absolute Gasteiger partial charge is 0.0638 e. The topological polar surface area (TPSA) is 29.9 Å². The fraction of sp³-hybridized carbons (Fsp3) is 0.400. The number of hydrogen-bond donors (Lipinski definition) is 1. The molecule has 18 heavy (non-hydrogen) atoms. The van der Waals surface area contributed by atoms with Crippen LogP contribution in [0.1, 0.15) is 35.3 Å². The van der Waals surface area contributed by atoms with Gasteiger partial charge >= 0.3 is 0 Å². The van der Waals surface area contributed by atoms with E-state index in [4.69, 9.17) is 0 Å². The van der Waals surface area contributed by atoms with Crippen LogP contribution in [0.3, 0.4) is 0 Å². The van der Waals surface area contributed by atoms with E-state index in [0.29, 0.717) is 6.04 Å². The van der Waals surface area contributed by atoms with Crippen LogP contribution in [0.2, 0.25) is 0 Å². The first-order valence-electron chi connectivity index (χ1n) is 6.35. The van der Waals surface area contributed by atoms with Gasteiger partial charge in [-0.3, -0.25) is 4.68 Å². The van der Waals surface area contributed by atoms with E-state index in [-0.39, 0.29) is 0 Å². The second-order valence-corrected chi connectivity index (χ2v) is 4.93. The van der Waals surface area contributed by atoms with E-state index in [2.05, 4.69) is 54.7 Å². The summed E-state index contributed by atoms with van der Waals surface area (Å²) in [7, 11) is 1.96. The molecule has 0 saturated carbocycles. The maximum Gasteiger partial charge on any atom is 0.0638 e. The van der Waals surface area contributed by atoms with Crippen LogP contribution in [0.5, 0.6) is 0 Å². The van der Waals surface area contributed by atoms with Crippen molar-refractivity contribution in [1.82, 2.24) is 15.1 Å². The van der Waals surface area contributed by atoms with Crippen LogP contribution in [-0.2, 0) is 13.6 Å². The summed E-state index contributed by atoms with van der Waals surface area (Å²) < 4.78 is 1.86. The minimum atomic E-state index is 0.351. The number of aromatic nitrogens is 2. The van der Waals surface area contributed by atoms with Gasteiger partial charge in [0, 0.05) is 31.4 Å². The summed E-state index contributed by atoms with van der Waals surface area (Å²) in [5.41, 5.74) is 4.99. The predicted molar refractivity (Wildman–Crippen MR) is 74.4 cm³/mol. The third-order valence-electron chi connectivity index (χ3n) is 3.26. The standard InChI is InChI=1S/C15H21N3/c1-11-6-5-7-14(8-11)12(2)16-9-15-10-18(4)17-13(15)3/h5-8,10,12,16H,9H2,1-4H3. The molecule has 3 nitrogen and oxygen atoms in total. The second kappa shape index (κ2) is 5.36. The Bertz CT molecular complexity index is 528. The number of nitrogens with one attached hydrogen (secondary N) is 1. The largest absolute Gasteiger partial charge is 0.306 e. The Labute approximate surface area is 109 Å². The number of hydrogen-bond acceptors (Lipinski definition) is 2. The quantitative estimate of drug-likeness (QED) is 0.895. The molecular formula is C15H21N3. The predicted octanol–water partition coefficient (Wildman–Crippen LogP) is 2.89. The molecule has 1 atom stereocenters. The van der Waals surface area contributed by atoms with Crippen molar-refractivity contribution in [2.45, 2.75) is 33.4 Å². The Morgan fingerprint density at radius 1 is 1.33 bits per heavy atom. The lowest BCUT2D eigenvalue weighted by Gasteiger charge is -2.14. The molecule has 0 spiro atoms. The minimum Gasteiger partial charge on any atom is -0.306 e. The van der Waals surface area contributed by atoms with E-state index in [0.717, 1.165) is 12.2 Å². The summed E-state index contributed by atoms with van der Waals surface area (Å²) in [6, 6.07) is 8.98. The van der Waals surface area contributed by atoms with Crippen LogP contribution in [0.4, 0.5) is 0 Å². The van der Waals surface area contributed by atoms with E-state index < -0.39 is 0 Å². The van der Waals surface area contributed by atoms with Crippen LogP contribution in [0.25, 0.3) is 0 Å². The van der Waals surface area contributed by atoms with Gasteiger partial charge in [0.15, 0.2) is 0 Å². The zero-order valence-corrected chi connectivity index (χ0v) is 11.6. The van der Waals surface area contributed by atoms with Crippen molar-refractivity contribution in [2.24, 2.45) is 7.05 Å². The van der Waals surface area contributed by atoms with Gasteiger partial charge in [-0.05, 0) is 26.3 Å². The molecule has 1 unspecified atom stereocenters. The van der Waals surface area contributed by atoms with Gasteiger partial charge in [0.2, 0.25) is 0 Å². The van der Waals surface area contributed by atoms with Crippen LogP contribution in [-0.4, -0.2) is 9.78 Å². The van der Waals surface area contributed by atoms with E-state index in [1.165, 1.54) is 16.7 Å². The Morgan fingerprint density at radius 3 is 2.72 bits per heavy atom. The number of nitrogens with zero attached hydrogens (tertiary/aromatic N) is 2. The van der Waals surface area contributed by atoms with Crippen molar-refractivity contribution in [3.05, 3.63) is 52.8 Å². The normalized spacial score (nSPS) is 12.7. The first-order valence-corrected chi connectivity index (χ1v) is 6.35. The highest BCUT2D eigenvalue weighted by Crippen LogP contribution is 2.15. The van der Waals surface area contributed by atoms with E-state index >= 15 is 0 Å². The summed E-state index contributed by atoms with van der Waals surface area (Å²) in [5, 5.41) is 7.90. The summed E-state index contributed by atoms with van der Waals surface area (Å²) in [4.78, 5) is 0. The summed E-state index contributed by atoms with van der Waals surface area (Å²) >= 11 is 0. The lowest BCUT2D eigenvalue weighted by Crippen LogP contribution is -2.18. The maximum absolute atomic E-state index is 4.35. The molecule has 1 aromatic carbocycles. The Balaban J connectivity index is 2.00. The maximum atomic E-state index is 4.35. The lowest BCUT2D eigenvalue weighted by molar-refractivity contribution is 0.573. The van der Waals surface area contributed by atoms with Gasteiger partial charge in [-0.15, -0.1) is 0 Å². The van der Waals surface area contributed by atoms with Gasteiger partial charge in [-0.25, -0.2) is 0 Å². The van der Waals surface area contributed by atoms with Gasteiger partial charge < -0.3 is 5.32 Å². The van der Waals surface area contributed by atoms with Gasteiger partial charge in [0.1, 0.15) is 0 Å². The third kappa shape index (κ3) is 2.99. The fourth-order valence-corrected chi connectivity index (χ4v) is 2.14. The molecular weight excluding hydrogens is 222 g/mol. The Hall–Kier alpha value is -1.61. The molecule has 3 heteroatoms. The van der Waals surface area contributed by atoms with Gasteiger partial charge in [-0.2, -0.15) is 5.10 Å². The molecule has 1 N–H and O–H groups in total. The van der Waals surface area contributed by atoms with E-state index in [9.17, 15) is 0 Å². The first-order chi connectivity index (χ1) is 8.56. The molecule has 1 heterocycles. The lowest BCUT2D eigenvalue weighted by atomic mass is 10.1. The van der Waals surface area contributed by atoms with Gasteiger partial charge in [0.05, 0.1) is 5.69 Å². The molecule has 96 valence electrons. The van der Waals surface area contributed by atoms with Crippen molar-refractivity contribution in [2.75, 3.05) is 0 Å². The van der Waals surface area contributed by atoms with Crippen molar-refractivity contribution in [1.29, 1.82) is 0 Å². The molecule has 1 aromatic heterocycles. The average molecular weight is 243 g/mol. The Morgan fingerprint density at radius 2 is 2.11 bits per heavy atom. The zero-order chi connectivity index (χ0) is 13.1. The summed E-state index contributed by atoms with van der Waals surface area (Å²) in [5.74, 6) is 0. The number of rotatable bonds is 4. The molecule has 0 radical (unpaired) electrons. The van der Waals surface area contributed by atoms with Crippen molar-refractivity contribution < 1.29 is 0 Å². The molecule has 0 bridgehead atoms. The zero-order valence-electron chi connectivity index (χ0n) is 11.6. The van der Waals surface area contributed by atoms with Gasteiger partial charge in [0.25, 0.3) is 0 Å². The molecule has 2 aromatic rings. The monoisotopic (exact) mass is 243 g/mol. The van der Waals surface area contributed by atoms with E-state index in [1.807, 2.05) is 18.7 Å². The summed E-state index contributed by atoms with van der Waals surface area (Å²) in [6.45, 7) is 7.23. The molecule has 0 fully saturated rings. The van der Waals surface area contributed by atoms with Crippen LogP contribution < -0.4 is 5.32 Å². The van der Waals surface area contributed by atoms with Gasteiger partial charge in [-0.1, -0.05) is 29.8 Å². The van der Waals surface area contributed by atoms with Crippen molar-refractivity contribution in [3.8, 4) is 0 Å². The fourth-order valence-electron chi connectivity index (χ4n) is 2.14. The third-order valence-corrected chi connectivity index (χ3v) is 3.26. The highest BCUT2D eigenvalue weighted by molar-refractivity contribution is 5.25. The number of benzene rings is 1. The van der Waals surface area contributed by atoms with E-state index in [1.54, 1.807) is 0 Å². The highest BCUT2D eigenvalue weighted by atomic mass is 15.2. The molecule has 0 aliphatic carbocycles. The highest BCUT2D eigenvalue weighted by Gasteiger charge is 2.07. The molecule has 0 aliphatic heterocycles. The summed E-state index contributed by atoms with van der Waals surface area (Å²) in [6.07, 6.45) is 2.07. The van der Waals surface area contributed by atoms with Crippen LogP contribution in [0, 0.1) is 13.8 Å². The molecule has 0 aliphatic rings. The second-order valence-electron chi connectivity index (χ2n) is 4.93. The number of aryl methyl sites for hydroxylation is 3. The van der Waals surface area contributed by atoms with Crippen LogP contribution in [0.15, 0.2) is 30.5 Å².